The molecule has 0 saturated carbocycles. The van der Waals surface area contributed by atoms with Gasteiger partial charge in [0.25, 0.3) is 0 Å². The average molecular weight is 270 g/mol. The van der Waals surface area contributed by atoms with Crippen molar-refractivity contribution in [1.29, 1.82) is 0 Å². The lowest BCUT2D eigenvalue weighted by atomic mass is 10.2. The molecule has 0 aromatic heterocycles. The molecule has 0 bridgehead atoms. The maximum Gasteiger partial charge on any atom is 0.0558 e. The lowest BCUT2D eigenvalue weighted by Gasteiger charge is -2.34. The maximum absolute atomic E-state index is 9.20. The first-order valence-corrected chi connectivity index (χ1v) is 7.75. The fourth-order valence-electron chi connectivity index (χ4n) is 3.01. The average Bonchev–Trinajstić information content (AvgIpc) is 2.91. The van der Waals surface area contributed by atoms with Crippen molar-refractivity contribution in [2.45, 2.75) is 18.9 Å². The first-order valence-electron chi connectivity index (χ1n) is 7.75. The standard InChI is InChI=1S/C14H30N4O/c1-16-5-7-17(8-6-16)9-10-18(11-12-19)13-14-3-2-4-15-14/h14-15,19H,2-13H2,1H3. The van der Waals surface area contributed by atoms with Crippen molar-refractivity contribution < 1.29 is 5.11 Å². The second-order valence-electron chi connectivity index (χ2n) is 5.96. The Hall–Kier alpha value is -0.200. The number of hydrogen-bond donors (Lipinski definition) is 2. The lowest BCUT2D eigenvalue weighted by molar-refractivity contribution is 0.123. The van der Waals surface area contributed by atoms with Crippen LogP contribution in [0.2, 0.25) is 0 Å². The molecule has 2 heterocycles. The topological polar surface area (TPSA) is 42.0 Å². The minimum Gasteiger partial charge on any atom is -0.395 e. The number of likely N-dealkylation sites (N-methyl/N-ethyl adjacent to an activating group) is 1. The van der Waals surface area contributed by atoms with Crippen LogP contribution in [0.4, 0.5) is 0 Å². The zero-order chi connectivity index (χ0) is 13.5. The number of nitrogens with one attached hydrogen (secondary N) is 1. The molecular weight excluding hydrogens is 240 g/mol. The van der Waals surface area contributed by atoms with E-state index in [4.69, 9.17) is 0 Å². The summed E-state index contributed by atoms with van der Waals surface area (Å²) in [4.78, 5) is 7.36. The minimum absolute atomic E-state index is 0.273. The molecule has 0 aliphatic carbocycles. The Bertz CT molecular complexity index is 238. The quantitative estimate of drug-likeness (QED) is 0.639. The molecule has 2 N–H and O–H groups in total. The van der Waals surface area contributed by atoms with Crippen molar-refractivity contribution >= 4 is 0 Å². The summed E-state index contributed by atoms with van der Waals surface area (Å²) in [7, 11) is 2.20. The number of nitrogens with zero attached hydrogens (tertiary/aromatic N) is 3. The molecular formula is C14H30N4O. The molecule has 5 nitrogen and oxygen atoms in total. The summed E-state index contributed by atoms with van der Waals surface area (Å²) in [6.07, 6.45) is 2.59. The predicted molar refractivity (Wildman–Crippen MR) is 78.5 cm³/mol. The molecule has 0 spiro atoms. The number of hydrogen-bond acceptors (Lipinski definition) is 5. The normalized spacial score (nSPS) is 26.4. The third kappa shape index (κ3) is 5.36. The van der Waals surface area contributed by atoms with Gasteiger partial charge in [0.15, 0.2) is 0 Å². The predicted octanol–water partition coefficient (Wildman–Crippen LogP) is -0.720. The Morgan fingerprint density at radius 1 is 1.21 bits per heavy atom. The summed E-state index contributed by atoms with van der Waals surface area (Å²) >= 11 is 0. The Morgan fingerprint density at radius 2 is 2.00 bits per heavy atom. The van der Waals surface area contributed by atoms with Crippen LogP contribution in [0.25, 0.3) is 0 Å². The first kappa shape index (κ1) is 15.2. The summed E-state index contributed by atoms with van der Waals surface area (Å²) in [5.74, 6) is 0. The summed E-state index contributed by atoms with van der Waals surface area (Å²) in [6.45, 7) is 10.3. The van der Waals surface area contributed by atoms with Gasteiger partial charge in [0, 0.05) is 58.4 Å². The highest BCUT2D eigenvalue weighted by Gasteiger charge is 2.19. The zero-order valence-electron chi connectivity index (χ0n) is 12.4. The van der Waals surface area contributed by atoms with Crippen LogP contribution in [-0.4, -0.2) is 98.4 Å². The molecule has 0 radical (unpaired) electrons. The van der Waals surface area contributed by atoms with Crippen LogP contribution in [0.15, 0.2) is 0 Å². The van der Waals surface area contributed by atoms with E-state index in [2.05, 4.69) is 27.1 Å². The second-order valence-corrected chi connectivity index (χ2v) is 5.96. The molecule has 5 heteroatoms. The van der Waals surface area contributed by atoms with Gasteiger partial charge in [0.1, 0.15) is 0 Å². The summed E-state index contributed by atoms with van der Waals surface area (Å²) in [6, 6.07) is 0.638. The minimum atomic E-state index is 0.273. The highest BCUT2D eigenvalue weighted by Crippen LogP contribution is 2.07. The summed E-state index contributed by atoms with van der Waals surface area (Å²) < 4.78 is 0. The number of piperazine rings is 1. The Balaban J connectivity index is 1.67. The van der Waals surface area contributed by atoms with Gasteiger partial charge < -0.3 is 15.3 Å². The van der Waals surface area contributed by atoms with Crippen LogP contribution in [-0.2, 0) is 0 Å². The monoisotopic (exact) mass is 270 g/mol. The van der Waals surface area contributed by atoms with E-state index in [-0.39, 0.29) is 6.61 Å². The largest absolute Gasteiger partial charge is 0.395 e. The van der Waals surface area contributed by atoms with E-state index in [1.54, 1.807) is 0 Å². The zero-order valence-corrected chi connectivity index (χ0v) is 12.4. The molecule has 2 aliphatic rings. The number of aliphatic hydroxyl groups is 1. The van der Waals surface area contributed by atoms with E-state index in [1.165, 1.54) is 39.0 Å². The van der Waals surface area contributed by atoms with E-state index >= 15 is 0 Å². The Kier molecular flexibility index (Phi) is 6.53. The highest BCUT2D eigenvalue weighted by molar-refractivity contribution is 4.79. The summed E-state index contributed by atoms with van der Waals surface area (Å²) in [5.41, 5.74) is 0. The van der Waals surface area contributed by atoms with Crippen LogP contribution < -0.4 is 5.32 Å². The molecule has 112 valence electrons. The maximum atomic E-state index is 9.20. The molecule has 1 atom stereocenters. The number of rotatable bonds is 7. The van der Waals surface area contributed by atoms with Crippen molar-refractivity contribution in [3.8, 4) is 0 Å². The van der Waals surface area contributed by atoms with Crippen molar-refractivity contribution in [2.75, 3.05) is 72.6 Å². The van der Waals surface area contributed by atoms with Crippen LogP contribution in [0.5, 0.6) is 0 Å². The van der Waals surface area contributed by atoms with Crippen LogP contribution >= 0.6 is 0 Å². The van der Waals surface area contributed by atoms with Gasteiger partial charge in [-0.3, -0.25) is 9.80 Å². The van der Waals surface area contributed by atoms with Crippen molar-refractivity contribution in [3.63, 3.8) is 0 Å². The van der Waals surface area contributed by atoms with Gasteiger partial charge in [-0.05, 0) is 26.4 Å². The number of aliphatic hydroxyl groups excluding tert-OH is 1. The molecule has 0 amide bonds. The fraction of sp³-hybridized carbons (Fsp3) is 1.00. The van der Waals surface area contributed by atoms with Crippen LogP contribution in [0.1, 0.15) is 12.8 Å². The van der Waals surface area contributed by atoms with Gasteiger partial charge >= 0.3 is 0 Å². The SMILES string of the molecule is CN1CCN(CCN(CCO)CC2CCCN2)CC1. The summed E-state index contributed by atoms with van der Waals surface area (Å²) in [5, 5.41) is 12.7. The molecule has 0 aromatic rings. The van der Waals surface area contributed by atoms with E-state index in [0.29, 0.717) is 6.04 Å². The lowest BCUT2D eigenvalue weighted by Crippen LogP contribution is -2.48. The molecule has 2 saturated heterocycles. The Morgan fingerprint density at radius 3 is 2.63 bits per heavy atom. The van der Waals surface area contributed by atoms with Crippen LogP contribution in [0.3, 0.4) is 0 Å². The van der Waals surface area contributed by atoms with Gasteiger partial charge in [-0.2, -0.15) is 0 Å². The van der Waals surface area contributed by atoms with E-state index in [9.17, 15) is 5.11 Å². The third-order valence-corrected chi connectivity index (χ3v) is 4.39. The van der Waals surface area contributed by atoms with Gasteiger partial charge in [-0.25, -0.2) is 0 Å². The van der Waals surface area contributed by atoms with E-state index in [1.807, 2.05) is 0 Å². The fourth-order valence-corrected chi connectivity index (χ4v) is 3.01. The van der Waals surface area contributed by atoms with Crippen molar-refractivity contribution in [1.82, 2.24) is 20.0 Å². The van der Waals surface area contributed by atoms with Gasteiger partial charge in [-0.15, -0.1) is 0 Å². The smallest absolute Gasteiger partial charge is 0.0558 e. The van der Waals surface area contributed by atoms with E-state index in [0.717, 1.165) is 32.7 Å². The molecule has 0 aromatic carbocycles. The van der Waals surface area contributed by atoms with Crippen LogP contribution in [0, 0.1) is 0 Å². The molecule has 19 heavy (non-hydrogen) atoms. The highest BCUT2D eigenvalue weighted by atomic mass is 16.3. The van der Waals surface area contributed by atoms with Gasteiger partial charge in [0.05, 0.1) is 6.61 Å². The van der Waals surface area contributed by atoms with Crippen molar-refractivity contribution in [2.24, 2.45) is 0 Å². The second kappa shape index (κ2) is 8.17. The molecule has 2 rings (SSSR count). The third-order valence-electron chi connectivity index (χ3n) is 4.39. The molecule has 2 fully saturated rings. The van der Waals surface area contributed by atoms with E-state index < -0.39 is 0 Å². The van der Waals surface area contributed by atoms with Gasteiger partial charge in [0.2, 0.25) is 0 Å². The first-order chi connectivity index (χ1) is 9.28. The van der Waals surface area contributed by atoms with Gasteiger partial charge in [-0.1, -0.05) is 0 Å². The molecule has 2 aliphatic heterocycles. The molecule has 1 unspecified atom stereocenters. The Labute approximate surface area is 117 Å². The van der Waals surface area contributed by atoms with Crippen molar-refractivity contribution in [3.05, 3.63) is 0 Å².